The Morgan fingerprint density at radius 2 is 1.96 bits per heavy atom. The second kappa shape index (κ2) is 5.31. The van der Waals surface area contributed by atoms with Crippen LogP contribution >= 0.6 is 11.9 Å². The summed E-state index contributed by atoms with van der Waals surface area (Å²) < 4.78 is 47.8. The summed E-state index contributed by atoms with van der Waals surface area (Å²) in [5, 5.41) is 0.808. The third kappa shape index (κ3) is 2.27. The molecule has 0 radical (unpaired) electrons. The van der Waals surface area contributed by atoms with E-state index in [0.717, 1.165) is 16.3 Å². The number of alkyl halides is 3. The zero-order valence-electron chi connectivity index (χ0n) is 12.4. The van der Waals surface area contributed by atoms with Crippen molar-refractivity contribution >= 4 is 28.5 Å². The summed E-state index contributed by atoms with van der Waals surface area (Å²) in [6, 6.07) is 9.17. The minimum atomic E-state index is -4.38. The van der Waals surface area contributed by atoms with Crippen LogP contribution in [0.2, 0.25) is 0 Å². The largest absolute Gasteiger partial charge is 0.496 e. The number of halogens is 3. The first-order valence-corrected chi connectivity index (χ1v) is 7.91. The molecule has 0 saturated carbocycles. The highest BCUT2D eigenvalue weighted by Crippen LogP contribution is 2.48. The van der Waals surface area contributed by atoms with E-state index in [1.54, 1.807) is 18.3 Å². The average Bonchev–Trinajstić information content (AvgIpc) is 2.59. The Balaban J connectivity index is 2.03. The number of anilines is 1. The zero-order valence-corrected chi connectivity index (χ0v) is 13.3. The van der Waals surface area contributed by atoms with Gasteiger partial charge in [0.1, 0.15) is 5.75 Å². The van der Waals surface area contributed by atoms with Crippen LogP contribution in [-0.2, 0) is 6.18 Å². The fourth-order valence-corrected chi connectivity index (χ4v) is 3.64. The van der Waals surface area contributed by atoms with E-state index in [9.17, 15) is 13.2 Å². The number of pyridine rings is 1. The lowest BCUT2D eigenvalue weighted by Gasteiger charge is -2.23. The molecule has 7 heteroatoms. The van der Waals surface area contributed by atoms with Crippen molar-refractivity contribution in [3.8, 4) is 16.9 Å². The molecule has 2 heterocycles. The Kier molecular flexibility index (Phi) is 3.35. The Bertz CT molecular complexity index is 956. The third-order valence-corrected chi connectivity index (χ3v) is 4.82. The van der Waals surface area contributed by atoms with E-state index in [2.05, 4.69) is 9.71 Å². The van der Waals surface area contributed by atoms with Crippen molar-refractivity contribution in [2.45, 2.75) is 11.1 Å². The van der Waals surface area contributed by atoms with Crippen molar-refractivity contribution in [1.29, 1.82) is 0 Å². The number of fused-ring (bicyclic) bond motifs is 5. The van der Waals surface area contributed by atoms with Gasteiger partial charge in [0.2, 0.25) is 0 Å². The maximum absolute atomic E-state index is 13.1. The van der Waals surface area contributed by atoms with E-state index in [0.29, 0.717) is 28.1 Å². The molecule has 1 aliphatic rings. The molecule has 2 aromatic carbocycles. The molecule has 3 aromatic rings. The van der Waals surface area contributed by atoms with Crippen LogP contribution in [0.15, 0.2) is 47.5 Å². The predicted molar refractivity (Wildman–Crippen MR) is 88.2 cm³/mol. The SMILES string of the molecule is COc1cc2c(c3ncccc13)NSc1ccc(C(F)(F)F)cc1-2. The Morgan fingerprint density at radius 3 is 2.71 bits per heavy atom. The van der Waals surface area contributed by atoms with Crippen molar-refractivity contribution in [2.24, 2.45) is 0 Å². The van der Waals surface area contributed by atoms with Gasteiger partial charge in [0.15, 0.2) is 0 Å². The number of benzene rings is 2. The molecular formula is C17H11F3N2OS. The lowest BCUT2D eigenvalue weighted by Crippen LogP contribution is -2.07. The molecule has 0 saturated heterocycles. The molecule has 0 atom stereocenters. The molecule has 1 aromatic heterocycles. The first kappa shape index (κ1) is 15.1. The molecule has 4 rings (SSSR count). The molecule has 0 unspecified atom stereocenters. The average molecular weight is 348 g/mol. The van der Waals surface area contributed by atoms with Crippen molar-refractivity contribution in [1.82, 2.24) is 4.98 Å². The van der Waals surface area contributed by atoms with Gasteiger partial charge in [-0.3, -0.25) is 4.98 Å². The van der Waals surface area contributed by atoms with Gasteiger partial charge >= 0.3 is 6.18 Å². The van der Waals surface area contributed by atoms with Crippen LogP contribution in [0.3, 0.4) is 0 Å². The van der Waals surface area contributed by atoms with Crippen LogP contribution in [0.4, 0.5) is 18.9 Å². The first-order valence-electron chi connectivity index (χ1n) is 7.09. The molecule has 0 aliphatic carbocycles. The van der Waals surface area contributed by atoms with Crippen LogP contribution in [-0.4, -0.2) is 12.1 Å². The topological polar surface area (TPSA) is 34.1 Å². The number of rotatable bonds is 1. The lowest BCUT2D eigenvalue weighted by molar-refractivity contribution is -0.137. The highest BCUT2D eigenvalue weighted by molar-refractivity contribution is 8.00. The van der Waals surface area contributed by atoms with Crippen LogP contribution in [0.5, 0.6) is 5.75 Å². The summed E-state index contributed by atoms with van der Waals surface area (Å²) in [6.07, 6.45) is -2.74. The number of hydrogen-bond acceptors (Lipinski definition) is 4. The minimum Gasteiger partial charge on any atom is -0.496 e. The number of aromatic nitrogens is 1. The number of methoxy groups -OCH3 is 1. The summed E-state index contributed by atoms with van der Waals surface area (Å²) in [4.78, 5) is 5.10. The summed E-state index contributed by atoms with van der Waals surface area (Å²) in [5.74, 6) is 0.578. The van der Waals surface area contributed by atoms with Gasteiger partial charge in [-0.15, -0.1) is 0 Å². The maximum Gasteiger partial charge on any atom is 0.416 e. The monoisotopic (exact) mass is 348 g/mol. The van der Waals surface area contributed by atoms with E-state index >= 15 is 0 Å². The Hall–Kier alpha value is -2.41. The van der Waals surface area contributed by atoms with Gasteiger partial charge in [0.25, 0.3) is 0 Å². The van der Waals surface area contributed by atoms with E-state index in [1.165, 1.54) is 31.2 Å². The normalized spacial score (nSPS) is 13.2. The molecule has 1 aliphatic heterocycles. The fourth-order valence-electron chi connectivity index (χ4n) is 2.81. The van der Waals surface area contributed by atoms with Gasteiger partial charge in [-0.1, -0.05) is 0 Å². The number of ether oxygens (including phenoxy) is 1. The minimum absolute atomic E-state index is 0.523. The van der Waals surface area contributed by atoms with Gasteiger partial charge in [0.05, 0.1) is 23.9 Å². The highest BCUT2D eigenvalue weighted by Gasteiger charge is 2.32. The van der Waals surface area contributed by atoms with Gasteiger partial charge < -0.3 is 9.46 Å². The van der Waals surface area contributed by atoms with Crippen LogP contribution in [0.1, 0.15) is 5.56 Å². The van der Waals surface area contributed by atoms with Crippen LogP contribution in [0, 0.1) is 0 Å². The molecule has 0 fully saturated rings. The lowest BCUT2D eigenvalue weighted by atomic mass is 9.98. The molecule has 1 N–H and O–H groups in total. The van der Waals surface area contributed by atoms with E-state index < -0.39 is 11.7 Å². The molecule has 0 bridgehead atoms. The second-order valence-electron chi connectivity index (χ2n) is 5.31. The molecule has 122 valence electrons. The summed E-state index contributed by atoms with van der Waals surface area (Å²) in [7, 11) is 1.53. The quantitative estimate of drug-likeness (QED) is 0.600. The Morgan fingerprint density at radius 1 is 1.12 bits per heavy atom. The van der Waals surface area contributed by atoms with E-state index in [4.69, 9.17) is 4.74 Å². The van der Waals surface area contributed by atoms with Crippen molar-refractivity contribution in [3.05, 3.63) is 48.2 Å². The smallest absolute Gasteiger partial charge is 0.416 e. The van der Waals surface area contributed by atoms with Crippen molar-refractivity contribution < 1.29 is 17.9 Å². The summed E-state index contributed by atoms with van der Waals surface area (Å²) in [5.41, 5.74) is 1.87. The van der Waals surface area contributed by atoms with E-state index in [1.807, 2.05) is 6.07 Å². The van der Waals surface area contributed by atoms with Crippen molar-refractivity contribution in [2.75, 3.05) is 11.8 Å². The van der Waals surface area contributed by atoms with Gasteiger partial charge in [0, 0.05) is 22.0 Å². The summed E-state index contributed by atoms with van der Waals surface area (Å²) >= 11 is 1.28. The van der Waals surface area contributed by atoms with Gasteiger partial charge in [-0.25, -0.2) is 0 Å². The van der Waals surface area contributed by atoms with Crippen LogP contribution in [0.25, 0.3) is 22.0 Å². The highest BCUT2D eigenvalue weighted by atomic mass is 32.2. The molecule has 0 amide bonds. The molecular weight excluding hydrogens is 337 g/mol. The van der Waals surface area contributed by atoms with Gasteiger partial charge in [-0.05, 0) is 53.9 Å². The predicted octanol–water partition coefficient (Wildman–Crippen LogP) is 5.36. The van der Waals surface area contributed by atoms with Gasteiger partial charge in [-0.2, -0.15) is 13.2 Å². The number of hydrogen-bond donors (Lipinski definition) is 1. The standard InChI is InChI=1S/C17H11F3N2OS/c1-23-13-8-12-11-7-9(17(18,19)20)4-5-14(11)24-22-16(12)15-10(13)3-2-6-21-15/h2-8,22H,1H3. The first-order chi connectivity index (χ1) is 11.5. The maximum atomic E-state index is 13.1. The third-order valence-electron chi connectivity index (χ3n) is 3.93. The Labute approximate surface area is 140 Å². The number of nitrogens with zero attached hydrogens (tertiary/aromatic N) is 1. The second-order valence-corrected chi connectivity index (χ2v) is 6.16. The van der Waals surface area contributed by atoms with Crippen LogP contribution < -0.4 is 9.46 Å². The number of nitrogens with one attached hydrogen (secondary N) is 1. The van der Waals surface area contributed by atoms with Crippen molar-refractivity contribution in [3.63, 3.8) is 0 Å². The molecule has 24 heavy (non-hydrogen) atoms. The molecule has 3 nitrogen and oxygen atoms in total. The van der Waals surface area contributed by atoms with E-state index in [-0.39, 0.29) is 0 Å². The molecule has 0 spiro atoms. The fraction of sp³-hybridized carbons (Fsp3) is 0.118. The zero-order chi connectivity index (χ0) is 16.9. The summed E-state index contributed by atoms with van der Waals surface area (Å²) in [6.45, 7) is 0.